The normalized spacial score (nSPS) is 4.82. The predicted octanol–water partition coefficient (Wildman–Crippen LogP) is -0.0987. The van der Waals surface area contributed by atoms with Crippen LogP contribution in [0.15, 0.2) is 0 Å². The van der Waals surface area contributed by atoms with Crippen molar-refractivity contribution in [3.8, 4) is 0 Å². The van der Waals surface area contributed by atoms with Crippen molar-refractivity contribution in [1.82, 2.24) is 0 Å². The average molecular weight is 238 g/mol. The van der Waals surface area contributed by atoms with Gasteiger partial charge in [0.15, 0.2) is 0 Å². The number of ether oxygens (including phenoxy) is 1. The third-order valence-corrected chi connectivity index (χ3v) is 0.287. The van der Waals surface area contributed by atoms with Crippen molar-refractivity contribution < 1.29 is 52.1 Å². The fourth-order valence-electron chi connectivity index (χ4n) is 0. The van der Waals surface area contributed by atoms with Crippen LogP contribution in [0.25, 0.3) is 0 Å². The van der Waals surface area contributed by atoms with E-state index < -0.39 is 0 Å². The van der Waals surface area contributed by atoms with Gasteiger partial charge in [0.25, 0.3) is 0 Å². The molecule has 1 radical (unpaired) electrons. The molecular formula is C6H13O4Y-. The molecule has 0 amide bonds. The Bertz CT molecular complexity index is 75.0. The van der Waals surface area contributed by atoms with E-state index in [-0.39, 0.29) is 38.7 Å². The fourth-order valence-corrected chi connectivity index (χ4v) is 0. The van der Waals surface area contributed by atoms with E-state index in [1.54, 1.807) is 0 Å². The summed E-state index contributed by atoms with van der Waals surface area (Å²) in [6.45, 7) is 2.68. The summed E-state index contributed by atoms with van der Waals surface area (Å²) in [7, 11) is 2.35. The van der Waals surface area contributed by atoms with E-state index in [4.69, 9.17) is 9.90 Å². The smallest absolute Gasteiger partial charge is 0.302 e. The second-order valence-electron chi connectivity index (χ2n) is 0.900. The van der Waals surface area contributed by atoms with Crippen LogP contribution in [0, 0.1) is 0 Å². The van der Waals surface area contributed by atoms with Crippen LogP contribution in [0.1, 0.15) is 13.8 Å². The van der Waals surface area contributed by atoms with Gasteiger partial charge >= 0.3 is 5.97 Å². The molecule has 0 aliphatic carbocycles. The largest absolute Gasteiger partial charge is 0.542 e. The summed E-state index contributed by atoms with van der Waals surface area (Å²) in [4.78, 5) is 18.3. The number of esters is 1. The van der Waals surface area contributed by atoms with Gasteiger partial charge in [0, 0.05) is 46.7 Å². The van der Waals surface area contributed by atoms with Crippen LogP contribution in [-0.2, 0) is 47.0 Å². The molecule has 0 aromatic heterocycles. The molecule has 0 heterocycles. The summed E-state index contributed by atoms with van der Waals surface area (Å²) in [5.74, 6) is -0.245. The third kappa shape index (κ3) is 141. The molecule has 11 heavy (non-hydrogen) atoms. The van der Waals surface area contributed by atoms with Gasteiger partial charge in [0.2, 0.25) is 0 Å². The van der Waals surface area contributed by atoms with Crippen molar-refractivity contribution >= 4 is 12.3 Å². The summed E-state index contributed by atoms with van der Waals surface area (Å²) in [6.07, 6.45) is 1.50. The Balaban J connectivity index is -0.0000000360. The Labute approximate surface area is 92.2 Å². The molecule has 0 fully saturated rings. The van der Waals surface area contributed by atoms with Crippen LogP contribution >= 0.6 is 0 Å². The molecule has 0 saturated carbocycles. The van der Waals surface area contributed by atoms with Gasteiger partial charge in [-0.15, -0.1) is 0 Å². The van der Waals surface area contributed by atoms with Crippen LogP contribution in [0.3, 0.4) is 0 Å². The molecule has 0 aliphatic rings. The van der Waals surface area contributed by atoms with E-state index in [9.17, 15) is 4.79 Å². The molecule has 65 valence electrons. The molecule has 0 saturated heterocycles. The van der Waals surface area contributed by atoms with Crippen LogP contribution in [0.4, 0.5) is 0 Å². The van der Waals surface area contributed by atoms with Gasteiger partial charge < -0.3 is 14.6 Å². The van der Waals surface area contributed by atoms with Crippen LogP contribution in [0.2, 0.25) is 0 Å². The van der Waals surface area contributed by atoms with E-state index in [0.717, 1.165) is 7.11 Å². The second-order valence-corrected chi connectivity index (χ2v) is 0.900. The topological polar surface area (TPSA) is 63.6 Å². The first kappa shape index (κ1) is 22.5. The van der Waals surface area contributed by atoms with Gasteiger partial charge in [-0.25, -0.2) is 0 Å². The summed E-state index contributed by atoms with van der Waals surface area (Å²) in [5.41, 5.74) is 0. The van der Waals surface area contributed by atoms with E-state index in [1.807, 2.05) is 0 Å². The monoisotopic (exact) mass is 238 g/mol. The van der Waals surface area contributed by atoms with Gasteiger partial charge in [-0.1, -0.05) is 0 Å². The standard InChI is InChI=1S/C3H6O2.C2H3O.CH4O.Y/c1-3(4)5-2;1-2-3;1-2;/h1-2H3;1H3;2H,1H3;/q;-1;;. The van der Waals surface area contributed by atoms with E-state index in [0.29, 0.717) is 0 Å². The third-order valence-electron chi connectivity index (χ3n) is 0.287. The number of hydrogen-bond acceptors (Lipinski definition) is 4. The quantitative estimate of drug-likeness (QED) is 0.473. The van der Waals surface area contributed by atoms with E-state index in [2.05, 4.69) is 4.74 Å². The molecular weight excluding hydrogens is 225 g/mol. The molecule has 1 N–H and O–H groups in total. The maximum absolute atomic E-state index is 9.59. The number of methoxy groups -OCH3 is 1. The summed E-state index contributed by atoms with van der Waals surface area (Å²) in [6, 6.07) is 0. The number of hydrogen-bond donors (Lipinski definition) is 1. The second kappa shape index (κ2) is 31.9. The first-order valence-corrected chi connectivity index (χ1v) is 2.47. The van der Waals surface area contributed by atoms with Crippen LogP contribution in [-0.4, -0.2) is 31.6 Å². The Hall–Kier alpha value is 0.204. The minimum atomic E-state index is -0.245. The molecule has 0 atom stereocenters. The molecule has 4 nitrogen and oxygen atoms in total. The zero-order valence-electron chi connectivity index (χ0n) is 7.25. The Morgan fingerprint density at radius 3 is 1.55 bits per heavy atom. The summed E-state index contributed by atoms with van der Waals surface area (Å²) in [5, 5.41) is 7.00. The van der Waals surface area contributed by atoms with Crippen LogP contribution in [0.5, 0.6) is 0 Å². The van der Waals surface area contributed by atoms with E-state index in [1.165, 1.54) is 27.2 Å². The summed E-state index contributed by atoms with van der Waals surface area (Å²) < 4.78 is 4.11. The number of aliphatic hydroxyl groups excluding tert-OH is 1. The zero-order chi connectivity index (χ0) is 8.99. The Kier molecular flexibility index (Phi) is 65.2. The number of carbonyl (C=O) groups is 1. The molecule has 0 aromatic rings. The summed E-state index contributed by atoms with van der Waals surface area (Å²) >= 11 is 0. The Morgan fingerprint density at radius 2 is 1.55 bits per heavy atom. The van der Waals surface area contributed by atoms with Crippen molar-refractivity contribution in [3.05, 3.63) is 0 Å². The minimum absolute atomic E-state index is 0. The number of aliphatic hydroxyl groups is 1. The fraction of sp³-hybridized carbons (Fsp3) is 0.667. The first-order chi connectivity index (χ1) is 4.68. The zero-order valence-corrected chi connectivity index (χ0v) is 10.1. The van der Waals surface area contributed by atoms with Gasteiger partial charge in [-0.2, -0.15) is 6.92 Å². The number of carbonyl (C=O) groups excluding carboxylic acids is 2. The molecule has 5 heteroatoms. The SMILES string of the molecule is CO.COC(C)=O.C[C-]=O.[Y]. The molecule has 0 rings (SSSR count). The number of rotatable bonds is 0. The first-order valence-electron chi connectivity index (χ1n) is 2.47. The predicted molar refractivity (Wildman–Crippen MR) is 37.2 cm³/mol. The van der Waals surface area contributed by atoms with Crippen molar-refractivity contribution in [3.63, 3.8) is 0 Å². The van der Waals surface area contributed by atoms with Gasteiger partial charge in [-0.3, -0.25) is 11.1 Å². The minimum Gasteiger partial charge on any atom is -0.542 e. The van der Waals surface area contributed by atoms with Crippen LogP contribution < -0.4 is 0 Å². The molecule has 0 aromatic carbocycles. The van der Waals surface area contributed by atoms with Crippen molar-refractivity contribution in [2.45, 2.75) is 13.8 Å². The van der Waals surface area contributed by atoms with Gasteiger partial charge in [0.05, 0.1) is 7.11 Å². The molecule has 0 spiro atoms. The molecule has 0 bridgehead atoms. The van der Waals surface area contributed by atoms with Gasteiger partial charge in [-0.05, 0) is 0 Å². The Morgan fingerprint density at radius 1 is 1.45 bits per heavy atom. The average Bonchev–Trinajstić information content (AvgIpc) is 1.94. The van der Waals surface area contributed by atoms with Crippen molar-refractivity contribution in [1.29, 1.82) is 0 Å². The molecule has 0 unspecified atom stereocenters. The van der Waals surface area contributed by atoms with Crippen molar-refractivity contribution in [2.75, 3.05) is 14.2 Å². The maximum Gasteiger partial charge on any atom is 0.302 e. The van der Waals surface area contributed by atoms with E-state index >= 15 is 0 Å². The molecule has 0 aliphatic heterocycles. The van der Waals surface area contributed by atoms with Crippen molar-refractivity contribution in [2.24, 2.45) is 0 Å². The van der Waals surface area contributed by atoms with Gasteiger partial charge in [0.1, 0.15) is 0 Å². The maximum atomic E-state index is 9.59.